The summed E-state index contributed by atoms with van der Waals surface area (Å²) in [5.41, 5.74) is 4.53. The van der Waals surface area contributed by atoms with E-state index in [2.05, 4.69) is 24.2 Å². The van der Waals surface area contributed by atoms with Crippen molar-refractivity contribution in [3.63, 3.8) is 0 Å². The zero-order chi connectivity index (χ0) is 8.41. The zero-order valence-corrected chi connectivity index (χ0v) is 6.26. The molecular formula is C7H14N2O. The van der Waals surface area contributed by atoms with Crippen molar-refractivity contribution in [3.8, 4) is 0 Å². The minimum absolute atomic E-state index is 0.481. The molecule has 0 aromatic rings. The molecule has 0 unspecified atom stereocenters. The van der Waals surface area contributed by atoms with E-state index in [9.17, 15) is 4.79 Å². The van der Waals surface area contributed by atoms with E-state index in [1.807, 2.05) is 13.1 Å². The van der Waals surface area contributed by atoms with E-state index < -0.39 is 5.91 Å². The van der Waals surface area contributed by atoms with Gasteiger partial charge in [0.25, 0.3) is 0 Å². The third-order valence-corrected chi connectivity index (χ3v) is 0.550. The Bertz CT molecular complexity index is 110. The largest absolute Gasteiger partial charge is 0.366 e. The number of carbonyl (C=O) groups is 1. The first-order valence-corrected chi connectivity index (χ1v) is 2.86. The molecule has 0 saturated heterocycles. The topological polar surface area (TPSA) is 55.1 Å². The van der Waals surface area contributed by atoms with Crippen molar-refractivity contribution >= 4 is 5.91 Å². The predicted molar refractivity (Wildman–Crippen MR) is 43.5 cm³/mol. The van der Waals surface area contributed by atoms with Crippen molar-refractivity contribution in [2.24, 2.45) is 5.73 Å². The first kappa shape index (κ1) is 11.7. The van der Waals surface area contributed by atoms with Crippen LogP contribution in [-0.4, -0.2) is 19.5 Å². The standard InChI is InChI=1S/C4H9N.C3H5NO/c1-3-4-5-2;1-2-3(4)5/h3,5H,1,4H2,2H3;2H,1H2,(H2,4,5). The summed E-state index contributed by atoms with van der Waals surface area (Å²) in [4.78, 5) is 9.47. The molecule has 3 heteroatoms. The third kappa shape index (κ3) is 28.5. The fourth-order valence-electron chi connectivity index (χ4n) is 0.144. The maximum atomic E-state index is 9.47. The van der Waals surface area contributed by atoms with Crippen LogP contribution in [0.25, 0.3) is 0 Å². The van der Waals surface area contributed by atoms with E-state index in [4.69, 9.17) is 0 Å². The van der Waals surface area contributed by atoms with Crippen molar-refractivity contribution in [3.05, 3.63) is 25.3 Å². The highest BCUT2D eigenvalue weighted by molar-refractivity contribution is 5.84. The molecule has 0 radical (unpaired) electrons. The lowest BCUT2D eigenvalue weighted by molar-refractivity contribution is -0.113. The number of nitrogens with two attached hydrogens (primary N) is 1. The minimum Gasteiger partial charge on any atom is -0.366 e. The maximum absolute atomic E-state index is 9.47. The first-order valence-electron chi connectivity index (χ1n) is 2.86. The average molecular weight is 142 g/mol. The van der Waals surface area contributed by atoms with Crippen LogP contribution in [0.15, 0.2) is 25.3 Å². The van der Waals surface area contributed by atoms with Gasteiger partial charge in [-0.2, -0.15) is 0 Å². The van der Waals surface area contributed by atoms with Gasteiger partial charge in [-0.3, -0.25) is 4.79 Å². The van der Waals surface area contributed by atoms with Crippen LogP contribution in [0.3, 0.4) is 0 Å². The second-order valence-electron chi connectivity index (χ2n) is 1.45. The number of likely N-dealkylation sites (N-methyl/N-ethyl adjacent to an activating group) is 1. The highest BCUT2D eigenvalue weighted by atomic mass is 16.1. The lowest BCUT2D eigenvalue weighted by Crippen LogP contribution is -2.04. The van der Waals surface area contributed by atoms with E-state index in [0.29, 0.717) is 0 Å². The van der Waals surface area contributed by atoms with E-state index in [-0.39, 0.29) is 0 Å². The number of nitrogens with one attached hydrogen (secondary N) is 1. The number of hydrogen-bond donors (Lipinski definition) is 2. The highest BCUT2D eigenvalue weighted by Gasteiger charge is 1.69. The molecule has 0 aromatic heterocycles. The molecule has 0 rings (SSSR count). The van der Waals surface area contributed by atoms with Crippen LogP contribution in [-0.2, 0) is 4.79 Å². The SMILES string of the molecule is C=CC(N)=O.C=CCNC. The molecular weight excluding hydrogens is 128 g/mol. The molecule has 3 N–H and O–H groups in total. The number of amides is 1. The van der Waals surface area contributed by atoms with Crippen LogP contribution in [0.1, 0.15) is 0 Å². The summed E-state index contributed by atoms with van der Waals surface area (Å²) >= 11 is 0. The van der Waals surface area contributed by atoms with Gasteiger partial charge in [0.15, 0.2) is 0 Å². The van der Waals surface area contributed by atoms with Gasteiger partial charge in [-0.15, -0.1) is 6.58 Å². The second-order valence-corrected chi connectivity index (χ2v) is 1.45. The molecule has 3 nitrogen and oxygen atoms in total. The van der Waals surface area contributed by atoms with Gasteiger partial charge in [-0.25, -0.2) is 0 Å². The first-order chi connectivity index (χ1) is 4.68. The minimum atomic E-state index is -0.481. The van der Waals surface area contributed by atoms with Crippen molar-refractivity contribution in [1.29, 1.82) is 0 Å². The van der Waals surface area contributed by atoms with Crippen LogP contribution in [0.5, 0.6) is 0 Å². The predicted octanol–water partition coefficient (Wildman–Crippen LogP) is 0.0495. The molecule has 1 amide bonds. The third-order valence-electron chi connectivity index (χ3n) is 0.550. The van der Waals surface area contributed by atoms with Crippen molar-refractivity contribution in [2.45, 2.75) is 0 Å². The lowest BCUT2D eigenvalue weighted by atomic mass is 10.6. The molecule has 0 aliphatic rings. The Morgan fingerprint density at radius 1 is 1.70 bits per heavy atom. The Labute approximate surface area is 61.6 Å². The summed E-state index contributed by atoms with van der Waals surface area (Å²) < 4.78 is 0. The van der Waals surface area contributed by atoms with E-state index in [1.54, 1.807) is 0 Å². The average Bonchev–Trinajstić information content (AvgIpc) is 1.91. The lowest BCUT2D eigenvalue weighted by Gasteiger charge is -1.79. The molecule has 0 spiro atoms. The molecule has 0 atom stereocenters. The number of carbonyl (C=O) groups excluding carboxylic acids is 1. The number of rotatable bonds is 3. The fourth-order valence-corrected chi connectivity index (χ4v) is 0.144. The van der Waals surface area contributed by atoms with Crippen molar-refractivity contribution < 1.29 is 4.79 Å². The van der Waals surface area contributed by atoms with Gasteiger partial charge < -0.3 is 11.1 Å². The van der Waals surface area contributed by atoms with Gasteiger partial charge in [0, 0.05) is 6.54 Å². The smallest absolute Gasteiger partial charge is 0.240 e. The highest BCUT2D eigenvalue weighted by Crippen LogP contribution is 1.49. The quantitative estimate of drug-likeness (QED) is 0.432. The van der Waals surface area contributed by atoms with E-state index in [0.717, 1.165) is 12.6 Å². The Morgan fingerprint density at radius 3 is 2.10 bits per heavy atom. The van der Waals surface area contributed by atoms with E-state index >= 15 is 0 Å². The molecule has 0 aromatic carbocycles. The molecule has 0 fully saturated rings. The van der Waals surface area contributed by atoms with Gasteiger partial charge in [0.05, 0.1) is 0 Å². The van der Waals surface area contributed by atoms with Gasteiger partial charge in [-0.05, 0) is 13.1 Å². The molecule has 0 aliphatic heterocycles. The normalized spacial score (nSPS) is 6.90. The van der Waals surface area contributed by atoms with Gasteiger partial charge in [-0.1, -0.05) is 12.7 Å². The second kappa shape index (κ2) is 10.8. The number of primary amides is 1. The maximum Gasteiger partial charge on any atom is 0.240 e. The Kier molecular flexibility index (Phi) is 12.6. The Balaban J connectivity index is 0. The molecule has 0 heterocycles. The summed E-state index contributed by atoms with van der Waals surface area (Å²) in [6.07, 6.45) is 2.88. The Hall–Kier alpha value is -1.09. The molecule has 10 heavy (non-hydrogen) atoms. The van der Waals surface area contributed by atoms with Gasteiger partial charge in [0.1, 0.15) is 0 Å². The molecule has 0 saturated carbocycles. The summed E-state index contributed by atoms with van der Waals surface area (Å²) in [5.74, 6) is -0.481. The zero-order valence-electron chi connectivity index (χ0n) is 6.26. The van der Waals surface area contributed by atoms with Crippen LogP contribution >= 0.6 is 0 Å². The summed E-state index contributed by atoms with van der Waals surface area (Å²) in [7, 11) is 1.89. The van der Waals surface area contributed by atoms with Crippen LogP contribution in [0.2, 0.25) is 0 Å². The van der Waals surface area contributed by atoms with Gasteiger partial charge in [0.2, 0.25) is 5.91 Å². The summed E-state index contributed by atoms with van der Waals surface area (Å²) in [5, 5.41) is 2.90. The van der Waals surface area contributed by atoms with Crippen LogP contribution < -0.4 is 11.1 Å². The monoisotopic (exact) mass is 142 g/mol. The van der Waals surface area contributed by atoms with Gasteiger partial charge >= 0.3 is 0 Å². The molecule has 58 valence electrons. The molecule has 0 bridgehead atoms. The van der Waals surface area contributed by atoms with Crippen LogP contribution in [0, 0.1) is 0 Å². The molecule has 0 aliphatic carbocycles. The summed E-state index contributed by atoms with van der Waals surface area (Å²) in [6.45, 7) is 7.48. The number of hydrogen-bond acceptors (Lipinski definition) is 2. The van der Waals surface area contributed by atoms with E-state index in [1.165, 1.54) is 0 Å². The summed E-state index contributed by atoms with van der Waals surface area (Å²) in [6, 6.07) is 0. The van der Waals surface area contributed by atoms with Crippen molar-refractivity contribution in [2.75, 3.05) is 13.6 Å². The van der Waals surface area contributed by atoms with Crippen LogP contribution in [0.4, 0.5) is 0 Å². The fraction of sp³-hybridized carbons (Fsp3) is 0.286. The Morgan fingerprint density at radius 2 is 2.10 bits per heavy atom. The van der Waals surface area contributed by atoms with Crippen molar-refractivity contribution in [1.82, 2.24) is 5.32 Å².